The quantitative estimate of drug-likeness (QED) is 0.394. The van der Waals surface area contributed by atoms with Crippen LogP contribution in [0.4, 0.5) is 10.1 Å². The Labute approximate surface area is 200 Å². The number of hydrogen-bond donors (Lipinski definition) is 2. The summed E-state index contributed by atoms with van der Waals surface area (Å²) in [4.78, 5) is 17.6. The minimum absolute atomic E-state index is 0.209. The molecule has 0 spiro atoms. The largest absolute Gasteiger partial charge is 0.497 e. The highest BCUT2D eigenvalue weighted by Crippen LogP contribution is 2.50. The summed E-state index contributed by atoms with van der Waals surface area (Å²) in [7, 11) is 1.47. The van der Waals surface area contributed by atoms with Crippen molar-refractivity contribution in [3.63, 3.8) is 0 Å². The van der Waals surface area contributed by atoms with Crippen molar-refractivity contribution in [3.05, 3.63) is 66.1 Å². The van der Waals surface area contributed by atoms with Gasteiger partial charge in [-0.3, -0.25) is 4.79 Å². The number of H-pyrrole nitrogens is 1. The molecule has 2 aromatic carbocycles. The molecule has 1 fully saturated rings. The van der Waals surface area contributed by atoms with Crippen LogP contribution in [0.1, 0.15) is 25.3 Å². The number of methoxy groups -OCH3 is 1. The minimum Gasteiger partial charge on any atom is -0.497 e. The van der Waals surface area contributed by atoms with Gasteiger partial charge in [-0.2, -0.15) is 5.21 Å². The number of rotatable bonds is 8. The minimum atomic E-state index is -0.792. The van der Waals surface area contributed by atoms with Gasteiger partial charge in [-0.05, 0) is 66.4 Å². The lowest BCUT2D eigenvalue weighted by Gasteiger charge is -2.18. The summed E-state index contributed by atoms with van der Waals surface area (Å²) in [5.41, 5.74) is 2.68. The average molecular weight is 474 g/mol. The van der Waals surface area contributed by atoms with Crippen LogP contribution in [0, 0.1) is 5.82 Å². The standard InChI is InChI=1S/C25H23FN6O3/c1-3-35-22-7-4-15(14-27-22)20-6-5-18(13-21(20)23-29-31-32-30-23)28-24(33)25(8-9-25)16-10-17(26)12-19(11-16)34-2/h4-7,10-14H,3,8-9H2,1-2H3,(H,28,33)(H,29,30,31,32). The van der Waals surface area contributed by atoms with Gasteiger partial charge in [-0.25, -0.2) is 9.37 Å². The Morgan fingerprint density at radius 1 is 1.14 bits per heavy atom. The number of amides is 1. The van der Waals surface area contributed by atoms with Crippen LogP contribution in [0.25, 0.3) is 22.5 Å². The van der Waals surface area contributed by atoms with E-state index in [4.69, 9.17) is 9.47 Å². The number of pyridine rings is 1. The first kappa shape index (κ1) is 22.5. The number of anilines is 1. The van der Waals surface area contributed by atoms with E-state index in [0.717, 1.165) is 11.1 Å². The maximum absolute atomic E-state index is 14.1. The fourth-order valence-electron chi connectivity index (χ4n) is 4.09. The molecule has 1 aliphatic rings. The Morgan fingerprint density at radius 2 is 2.00 bits per heavy atom. The molecule has 178 valence electrons. The molecule has 1 aliphatic carbocycles. The predicted octanol–water partition coefficient (Wildman–Crippen LogP) is 4.15. The summed E-state index contributed by atoms with van der Waals surface area (Å²) in [6, 6.07) is 13.5. The number of ether oxygens (including phenoxy) is 2. The molecule has 0 bridgehead atoms. The van der Waals surface area contributed by atoms with E-state index in [1.165, 1.54) is 19.2 Å². The fraction of sp³-hybridized carbons (Fsp3) is 0.240. The molecule has 0 radical (unpaired) electrons. The van der Waals surface area contributed by atoms with Crippen molar-refractivity contribution in [1.29, 1.82) is 0 Å². The maximum atomic E-state index is 14.1. The highest BCUT2D eigenvalue weighted by atomic mass is 19.1. The van der Waals surface area contributed by atoms with E-state index in [0.29, 0.717) is 53.7 Å². The number of nitrogens with zero attached hydrogens (tertiary/aromatic N) is 4. The van der Waals surface area contributed by atoms with Crippen molar-refractivity contribution in [2.45, 2.75) is 25.2 Å². The van der Waals surface area contributed by atoms with Gasteiger partial charge in [-0.1, -0.05) is 6.07 Å². The number of hydrogen-bond acceptors (Lipinski definition) is 7. The molecule has 1 saturated carbocycles. The van der Waals surface area contributed by atoms with E-state index < -0.39 is 11.2 Å². The summed E-state index contributed by atoms with van der Waals surface area (Å²) in [6.45, 7) is 2.42. The third-order valence-electron chi connectivity index (χ3n) is 6.05. The van der Waals surface area contributed by atoms with Crippen LogP contribution in [0.15, 0.2) is 54.7 Å². The van der Waals surface area contributed by atoms with Crippen molar-refractivity contribution in [1.82, 2.24) is 25.6 Å². The van der Waals surface area contributed by atoms with E-state index in [1.807, 2.05) is 19.1 Å². The van der Waals surface area contributed by atoms with Gasteiger partial charge in [0.2, 0.25) is 17.6 Å². The molecule has 2 heterocycles. The van der Waals surface area contributed by atoms with Gasteiger partial charge >= 0.3 is 0 Å². The molecule has 2 aromatic heterocycles. The highest BCUT2D eigenvalue weighted by molar-refractivity contribution is 6.02. The smallest absolute Gasteiger partial charge is 0.235 e. The molecular weight excluding hydrogens is 451 g/mol. The first-order valence-electron chi connectivity index (χ1n) is 11.2. The van der Waals surface area contributed by atoms with Gasteiger partial charge in [0, 0.05) is 35.1 Å². The van der Waals surface area contributed by atoms with Crippen LogP contribution in [-0.4, -0.2) is 45.2 Å². The van der Waals surface area contributed by atoms with Crippen molar-refractivity contribution in [2.75, 3.05) is 19.0 Å². The van der Waals surface area contributed by atoms with Crippen LogP contribution in [-0.2, 0) is 10.2 Å². The van der Waals surface area contributed by atoms with Crippen LogP contribution >= 0.6 is 0 Å². The number of carbonyl (C=O) groups is 1. The second kappa shape index (κ2) is 9.13. The van der Waals surface area contributed by atoms with Gasteiger partial charge in [0.05, 0.1) is 19.1 Å². The molecule has 0 atom stereocenters. The van der Waals surface area contributed by atoms with Crippen molar-refractivity contribution >= 4 is 11.6 Å². The lowest BCUT2D eigenvalue weighted by atomic mass is 9.94. The first-order valence-corrected chi connectivity index (χ1v) is 11.2. The number of carbonyl (C=O) groups excluding carboxylic acids is 1. The zero-order valence-electron chi connectivity index (χ0n) is 19.2. The van der Waals surface area contributed by atoms with Crippen molar-refractivity contribution < 1.29 is 18.7 Å². The van der Waals surface area contributed by atoms with Gasteiger partial charge in [0.25, 0.3) is 0 Å². The third kappa shape index (κ3) is 4.42. The monoisotopic (exact) mass is 474 g/mol. The SMILES string of the molecule is CCOc1ccc(-c2ccc(NC(=O)C3(c4cc(F)cc(OC)c4)CC3)cc2-c2nn[nH]n2)cn1. The number of aromatic nitrogens is 5. The first-order chi connectivity index (χ1) is 17.0. The summed E-state index contributed by atoms with van der Waals surface area (Å²) < 4.78 is 24.7. The summed E-state index contributed by atoms with van der Waals surface area (Å²) >= 11 is 0. The molecule has 5 rings (SSSR count). The van der Waals surface area contributed by atoms with Crippen molar-refractivity contribution in [2.24, 2.45) is 0 Å². The number of benzene rings is 2. The molecular formula is C25H23FN6O3. The zero-order valence-corrected chi connectivity index (χ0v) is 19.2. The van der Waals surface area contributed by atoms with Gasteiger partial charge in [0.1, 0.15) is 11.6 Å². The van der Waals surface area contributed by atoms with E-state index in [-0.39, 0.29) is 5.91 Å². The van der Waals surface area contributed by atoms with E-state index >= 15 is 0 Å². The third-order valence-corrected chi connectivity index (χ3v) is 6.05. The molecule has 2 N–H and O–H groups in total. The fourth-order valence-corrected chi connectivity index (χ4v) is 4.09. The molecule has 35 heavy (non-hydrogen) atoms. The van der Waals surface area contributed by atoms with Crippen LogP contribution in [0.3, 0.4) is 0 Å². The molecule has 9 nitrogen and oxygen atoms in total. The normalized spacial score (nSPS) is 13.8. The van der Waals surface area contributed by atoms with Crippen LogP contribution in [0.2, 0.25) is 0 Å². The Morgan fingerprint density at radius 3 is 2.66 bits per heavy atom. The van der Waals surface area contributed by atoms with Crippen molar-refractivity contribution in [3.8, 4) is 34.1 Å². The number of nitrogens with one attached hydrogen (secondary N) is 2. The summed E-state index contributed by atoms with van der Waals surface area (Å²) in [5.74, 6) is 0.642. The second-order valence-electron chi connectivity index (χ2n) is 8.23. The summed E-state index contributed by atoms with van der Waals surface area (Å²) in [5, 5.41) is 17.3. The second-order valence-corrected chi connectivity index (χ2v) is 8.23. The highest BCUT2D eigenvalue weighted by Gasteiger charge is 2.51. The average Bonchev–Trinajstić information content (AvgIpc) is 3.51. The molecule has 4 aromatic rings. The lowest BCUT2D eigenvalue weighted by molar-refractivity contribution is -0.118. The maximum Gasteiger partial charge on any atom is 0.235 e. The number of halogens is 1. The zero-order chi connectivity index (χ0) is 24.4. The Hall–Kier alpha value is -4.34. The lowest BCUT2D eigenvalue weighted by Crippen LogP contribution is -2.28. The molecule has 1 amide bonds. The molecule has 10 heteroatoms. The predicted molar refractivity (Wildman–Crippen MR) is 127 cm³/mol. The topological polar surface area (TPSA) is 115 Å². The number of tetrazole rings is 1. The van der Waals surface area contributed by atoms with E-state index in [1.54, 1.807) is 30.5 Å². The Kier molecular flexibility index (Phi) is 5.86. The van der Waals surface area contributed by atoms with Crippen LogP contribution < -0.4 is 14.8 Å². The summed E-state index contributed by atoms with van der Waals surface area (Å²) in [6.07, 6.45) is 2.96. The van der Waals surface area contributed by atoms with Gasteiger partial charge < -0.3 is 14.8 Å². The van der Waals surface area contributed by atoms with Gasteiger partial charge in [-0.15, -0.1) is 10.2 Å². The number of aromatic amines is 1. The molecule has 0 aliphatic heterocycles. The van der Waals surface area contributed by atoms with Crippen LogP contribution in [0.5, 0.6) is 11.6 Å². The molecule has 0 saturated heterocycles. The molecule has 0 unspecified atom stereocenters. The Bertz CT molecular complexity index is 1350. The van der Waals surface area contributed by atoms with Gasteiger partial charge in [0.15, 0.2) is 0 Å². The Balaban J connectivity index is 1.46. The van der Waals surface area contributed by atoms with E-state index in [9.17, 15) is 9.18 Å². The van der Waals surface area contributed by atoms with E-state index in [2.05, 4.69) is 30.9 Å².